The van der Waals surface area contributed by atoms with E-state index in [-0.39, 0.29) is 0 Å². The van der Waals surface area contributed by atoms with Gasteiger partial charge in [-0.25, -0.2) is 4.79 Å². The summed E-state index contributed by atoms with van der Waals surface area (Å²) in [5.41, 5.74) is 2.80. The van der Waals surface area contributed by atoms with Gasteiger partial charge in [-0.1, -0.05) is 12.8 Å². The van der Waals surface area contributed by atoms with Gasteiger partial charge in [-0.05, 0) is 18.8 Å². The van der Waals surface area contributed by atoms with Crippen LogP contribution < -0.4 is 0 Å². The number of hydrogen-bond donors (Lipinski definition) is 1. The summed E-state index contributed by atoms with van der Waals surface area (Å²) in [7, 11) is 3.56. The number of aromatic nitrogens is 2. The maximum atomic E-state index is 10.6. The number of rotatable bonds is 7. The minimum absolute atomic E-state index is 0.425. The third kappa shape index (κ3) is 6.97. The maximum absolute atomic E-state index is 10.6. The molecule has 1 aliphatic carbocycles. The Kier molecular flexibility index (Phi) is 8.91. The largest absolute Gasteiger partial charge is 0.490 e. The van der Waals surface area contributed by atoms with Crippen LogP contribution in [0.3, 0.4) is 0 Å². The lowest BCUT2D eigenvalue weighted by atomic mass is 9.96. The smallest absolute Gasteiger partial charge is 0.475 e. The summed E-state index contributed by atoms with van der Waals surface area (Å²) in [4.78, 5) is 11.4. The Morgan fingerprint density at radius 2 is 1.93 bits per heavy atom. The molecular formula is C19H30F3N3O4. The van der Waals surface area contributed by atoms with Crippen molar-refractivity contribution >= 4 is 5.97 Å². The fourth-order valence-corrected chi connectivity index (χ4v) is 4.04. The molecule has 0 radical (unpaired) electrons. The standard InChI is InChI=1S/C17H29N3O2.C2HF3O2/c1-21-8-7-19-11-15-9-18-20(10-14-5-3-4-6-14)17(15)16(12-19)13-22-2;3-2(4,5)1(6)7/h9,14,16H,3-8,10-13H2,1-2H3;(H,6,7). The van der Waals surface area contributed by atoms with Crippen molar-refractivity contribution in [1.29, 1.82) is 0 Å². The van der Waals surface area contributed by atoms with Crippen molar-refractivity contribution in [3.05, 3.63) is 17.5 Å². The number of carboxylic acid groups (broad SMARTS) is 1. The van der Waals surface area contributed by atoms with Gasteiger partial charge in [0.1, 0.15) is 0 Å². The average Bonchev–Trinajstić information content (AvgIpc) is 3.30. The third-order valence-electron chi connectivity index (χ3n) is 5.35. The zero-order chi connectivity index (χ0) is 21.4. The summed E-state index contributed by atoms with van der Waals surface area (Å²) in [5, 5.41) is 11.8. The number of hydrogen-bond acceptors (Lipinski definition) is 5. The number of ether oxygens (including phenoxy) is 2. The van der Waals surface area contributed by atoms with Gasteiger partial charge in [0, 0.05) is 57.6 Å². The number of methoxy groups -OCH3 is 2. The van der Waals surface area contributed by atoms with Crippen LogP contribution in [0, 0.1) is 5.92 Å². The topological polar surface area (TPSA) is 76.8 Å². The van der Waals surface area contributed by atoms with E-state index in [1.807, 2.05) is 0 Å². The third-order valence-corrected chi connectivity index (χ3v) is 5.35. The van der Waals surface area contributed by atoms with E-state index in [9.17, 15) is 13.2 Å². The van der Waals surface area contributed by atoms with Gasteiger partial charge in [-0.3, -0.25) is 9.58 Å². The van der Waals surface area contributed by atoms with Crippen LogP contribution in [0.25, 0.3) is 0 Å². The van der Waals surface area contributed by atoms with Crippen molar-refractivity contribution in [3.63, 3.8) is 0 Å². The molecule has 1 atom stereocenters. The normalized spacial score (nSPS) is 20.2. The first-order valence-electron chi connectivity index (χ1n) is 9.81. The molecule has 1 N–H and O–H groups in total. The summed E-state index contributed by atoms with van der Waals surface area (Å²) in [6, 6.07) is 0. The fourth-order valence-electron chi connectivity index (χ4n) is 4.04. The SMILES string of the molecule is COCCN1Cc2cnn(CC3CCCC3)c2C(COC)C1.O=C(O)C(F)(F)F. The maximum Gasteiger partial charge on any atom is 0.490 e. The number of halogens is 3. The molecule has 166 valence electrons. The number of alkyl halides is 3. The lowest BCUT2D eigenvalue weighted by Gasteiger charge is -2.33. The van der Waals surface area contributed by atoms with Crippen molar-refractivity contribution in [2.24, 2.45) is 5.92 Å². The van der Waals surface area contributed by atoms with E-state index < -0.39 is 12.1 Å². The lowest BCUT2D eigenvalue weighted by molar-refractivity contribution is -0.192. The lowest BCUT2D eigenvalue weighted by Crippen LogP contribution is -2.38. The first kappa shape index (κ1) is 23.6. The van der Waals surface area contributed by atoms with E-state index in [0.29, 0.717) is 5.92 Å². The minimum Gasteiger partial charge on any atom is -0.475 e. The van der Waals surface area contributed by atoms with Crippen LogP contribution in [-0.2, 0) is 27.4 Å². The molecule has 0 bridgehead atoms. The number of carboxylic acids is 1. The highest BCUT2D eigenvalue weighted by molar-refractivity contribution is 5.73. The van der Waals surface area contributed by atoms with E-state index in [2.05, 4.69) is 15.8 Å². The molecule has 29 heavy (non-hydrogen) atoms. The quantitative estimate of drug-likeness (QED) is 0.730. The zero-order valence-corrected chi connectivity index (χ0v) is 17.0. The molecule has 1 unspecified atom stereocenters. The Morgan fingerprint density at radius 1 is 1.28 bits per heavy atom. The molecule has 7 nitrogen and oxygen atoms in total. The second-order valence-electron chi connectivity index (χ2n) is 7.57. The molecule has 0 saturated heterocycles. The van der Waals surface area contributed by atoms with Crippen LogP contribution >= 0.6 is 0 Å². The monoisotopic (exact) mass is 421 g/mol. The van der Waals surface area contributed by atoms with Crippen molar-refractivity contribution in [2.75, 3.05) is 40.5 Å². The average molecular weight is 421 g/mol. The van der Waals surface area contributed by atoms with Gasteiger partial charge < -0.3 is 14.6 Å². The van der Waals surface area contributed by atoms with Crippen LogP contribution in [0.5, 0.6) is 0 Å². The second kappa shape index (κ2) is 10.9. The number of carbonyl (C=O) groups is 1. The molecule has 1 fully saturated rings. The Labute approximate surface area is 168 Å². The summed E-state index contributed by atoms with van der Waals surface area (Å²) >= 11 is 0. The minimum atomic E-state index is -5.08. The van der Waals surface area contributed by atoms with E-state index in [4.69, 9.17) is 24.5 Å². The van der Waals surface area contributed by atoms with Gasteiger partial charge in [0.15, 0.2) is 0 Å². The highest BCUT2D eigenvalue weighted by Gasteiger charge is 2.38. The van der Waals surface area contributed by atoms with Crippen LogP contribution in [0.4, 0.5) is 13.2 Å². The molecule has 1 aliphatic heterocycles. The van der Waals surface area contributed by atoms with Gasteiger partial charge in [0.2, 0.25) is 0 Å². The summed E-state index contributed by atoms with van der Waals surface area (Å²) < 4.78 is 44.7. The molecule has 0 aromatic carbocycles. The molecule has 2 heterocycles. The van der Waals surface area contributed by atoms with E-state index in [1.165, 1.54) is 36.9 Å². The van der Waals surface area contributed by atoms with E-state index in [0.717, 1.165) is 45.3 Å². The molecule has 10 heteroatoms. The molecule has 1 aromatic rings. The first-order valence-corrected chi connectivity index (χ1v) is 9.81. The molecule has 2 aliphatic rings. The Balaban J connectivity index is 0.000000370. The van der Waals surface area contributed by atoms with Crippen molar-refractivity contribution in [1.82, 2.24) is 14.7 Å². The Hall–Kier alpha value is -1.65. The molecule has 0 amide bonds. The zero-order valence-electron chi connectivity index (χ0n) is 17.0. The van der Waals surface area contributed by atoms with E-state index in [1.54, 1.807) is 14.2 Å². The molecule has 3 rings (SSSR count). The van der Waals surface area contributed by atoms with E-state index >= 15 is 0 Å². The predicted octanol–water partition coefficient (Wildman–Crippen LogP) is 2.90. The van der Waals surface area contributed by atoms with Gasteiger partial charge in [0.05, 0.1) is 19.4 Å². The number of fused-ring (bicyclic) bond motifs is 1. The van der Waals surface area contributed by atoms with Crippen LogP contribution in [0.2, 0.25) is 0 Å². The number of nitrogens with zero attached hydrogens (tertiary/aromatic N) is 3. The molecular weight excluding hydrogens is 391 g/mol. The number of aliphatic carboxylic acids is 1. The molecule has 0 spiro atoms. The first-order chi connectivity index (χ1) is 13.8. The molecule has 1 aromatic heterocycles. The Bertz CT molecular complexity index is 645. The van der Waals surface area contributed by atoms with Gasteiger partial charge in [0.25, 0.3) is 0 Å². The van der Waals surface area contributed by atoms with Crippen molar-refractivity contribution < 1.29 is 32.5 Å². The van der Waals surface area contributed by atoms with Gasteiger partial charge >= 0.3 is 12.1 Å². The summed E-state index contributed by atoms with van der Waals surface area (Å²) in [6.45, 7) is 5.65. The van der Waals surface area contributed by atoms with Crippen LogP contribution in [0.1, 0.15) is 42.9 Å². The highest BCUT2D eigenvalue weighted by atomic mass is 19.4. The van der Waals surface area contributed by atoms with Crippen LogP contribution in [0.15, 0.2) is 6.20 Å². The van der Waals surface area contributed by atoms with Gasteiger partial charge in [-0.2, -0.15) is 18.3 Å². The fraction of sp³-hybridized carbons (Fsp3) is 0.789. The summed E-state index contributed by atoms with van der Waals surface area (Å²) in [6.07, 6.45) is 2.50. The highest BCUT2D eigenvalue weighted by Crippen LogP contribution is 2.31. The van der Waals surface area contributed by atoms with Crippen molar-refractivity contribution in [3.8, 4) is 0 Å². The van der Waals surface area contributed by atoms with Gasteiger partial charge in [-0.15, -0.1) is 0 Å². The van der Waals surface area contributed by atoms with Crippen LogP contribution in [-0.4, -0.2) is 72.5 Å². The summed E-state index contributed by atoms with van der Waals surface area (Å²) in [5.74, 6) is -1.51. The Morgan fingerprint density at radius 3 is 2.48 bits per heavy atom. The predicted molar refractivity (Wildman–Crippen MR) is 99.6 cm³/mol. The van der Waals surface area contributed by atoms with Crippen molar-refractivity contribution in [2.45, 2.75) is 50.9 Å². The second-order valence-corrected chi connectivity index (χ2v) is 7.57. The molecule has 1 saturated carbocycles.